The SMILES string of the molecule is CCc1ccc(-c2ncc(C)c(N3CCC(Oc4ccc5c(c4)CC[C@H]5CC(=O)O)CC3)n2)cc1. The number of aryl methyl sites for hydroxylation is 3. The molecule has 1 fully saturated rings. The highest BCUT2D eigenvalue weighted by molar-refractivity contribution is 5.68. The fourth-order valence-electron chi connectivity index (χ4n) is 5.34. The van der Waals surface area contributed by atoms with E-state index in [9.17, 15) is 4.79 Å². The van der Waals surface area contributed by atoms with Crippen molar-refractivity contribution in [2.24, 2.45) is 0 Å². The van der Waals surface area contributed by atoms with Crippen molar-refractivity contribution in [3.63, 3.8) is 0 Å². The van der Waals surface area contributed by atoms with Crippen LogP contribution in [0.5, 0.6) is 5.75 Å². The monoisotopic (exact) mass is 471 g/mol. The summed E-state index contributed by atoms with van der Waals surface area (Å²) in [6.45, 7) is 6.01. The molecule has 0 saturated carbocycles. The number of hydrogen-bond acceptors (Lipinski definition) is 5. The Balaban J connectivity index is 1.22. The number of carboxylic acid groups (broad SMARTS) is 1. The first kappa shape index (κ1) is 23.3. The zero-order chi connectivity index (χ0) is 24.4. The number of ether oxygens (including phenoxy) is 1. The third-order valence-electron chi connectivity index (χ3n) is 7.35. The molecule has 1 aromatic heterocycles. The van der Waals surface area contributed by atoms with Crippen molar-refractivity contribution in [2.75, 3.05) is 18.0 Å². The molecule has 6 heteroatoms. The maximum Gasteiger partial charge on any atom is 0.303 e. The van der Waals surface area contributed by atoms with Gasteiger partial charge in [-0.05, 0) is 60.9 Å². The Bertz CT molecular complexity index is 1200. The molecule has 3 aromatic rings. The molecule has 0 spiro atoms. The summed E-state index contributed by atoms with van der Waals surface area (Å²) in [5, 5.41) is 9.15. The minimum Gasteiger partial charge on any atom is -0.490 e. The Morgan fingerprint density at radius 1 is 1.11 bits per heavy atom. The van der Waals surface area contributed by atoms with E-state index in [1.807, 2.05) is 12.3 Å². The highest BCUT2D eigenvalue weighted by Crippen LogP contribution is 2.38. The summed E-state index contributed by atoms with van der Waals surface area (Å²) in [6.07, 6.45) is 7.03. The smallest absolute Gasteiger partial charge is 0.303 e. The number of carboxylic acids is 1. The van der Waals surface area contributed by atoms with Crippen molar-refractivity contribution < 1.29 is 14.6 Å². The van der Waals surface area contributed by atoms with Crippen LogP contribution in [0.4, 0.5) is 5.82 Å². The van der Waals surface area contributed by atoms with Crippen LogP contribution in [0.3, 0.4) is 0 Å². The normalized spacial score (nSPS) is 17.9. The summed E-state index contributed by atoms with van der Waals surface area (Å²) in [4.78, 5) is 23.0. The second-order valence-corrected chi connectivity index (χ2v) is 9.75. The van der Waals surface area contributed by atoms with Gasteiger partial charge in [0, 0.05) is 43.3 Å². The number of hydrogen-bond donors (Lipinski definition) is 1. The molecule has 2 heterocycles. The van der Waals surface area contributed by atoms with Crippen LogP contribution in [0.2, 0.25) is 0 Å². The Labute approximate surface area is 207 Å². The van der Waals surface area contributed by atoms with E-state index in [2.05, 4.69) is 60.1 Å². The van der Waals surface area contributed by atoms with Crippen molar-refractivity contribution in [1.82, 2.24) is 9.97 Å². The predicted molar refractivity (Wildman–Crippen MR) is 137 cm³/mol. The van der Waals surface area contributed by atoms with Crippen LogP contribution in [0.1, 0.15) is 60.8 Å². The molecule has 1 aliphatic heterocycles. The minimum atomic E-state index is -0.726. The predicted octanol–water partition coefficient (Wildman–Crippen LogP) is 5.57. The van der Waals surface area contributed by atoms with Crippen LogP contribution in [-0.4, -0.2) is 40.2 Å². The van der Waals surface area contributed by atoms with Gasteiger partial charge in [-0.3, -0.25) is 4.79 Å². The molecule has 1 saturated heterocycles. The van der Waals surface area contributed by atoms with Gasteiger partial charge in [0.25, 0.3) is 0 Å². The largest absolute Gasteiger partial charge is 0.490 e. The Morgan fingerprint density at radius 3 is 2.60 bits per heavy atom. The van der Waals surface area contributed by atoms with Crippen LogP contribution in [0.25, 0.3) is 11.4 Å². The number of nitrogens with zero attached hydrogens (tertiary/aromatic N) is 3. The van der Waals surface area contributed by atoms with Gasteiger partial charge in [-0.25, -0.2) is 9.97 Å². The van der Waals surface area contributed by atoms with E-state index in [-0.39, 0.29) is 18.4 Å². The third kappa shape index (κ3) is 5.16. The van der Waals surface area contributed by atoms with Crippen LogP contribution in [-0.2, 0) is 17.6 Å². The van der Waals surface area contributed by atoms with E-state index in [0.29, 0.717) is 0 Å². The van der Waals surface area contributed by atoms with Crippen molar-refractivity contribution in [3.05, 3.63) is 70.9 Å². The molecule has 2 aliphatic rings. The van der Waals surface area contributed by atoms with Gasteiger partial charge in [-0.2, -0.15) is 0 Å². The molecule has 2 aromatic carbocycles. The third-order valence-corrected chi connectivity index (χ3v) is 7.35. The van der Waals surface area contributed by atoms with E-state index in [0.717, 1.165) is 73.7 Å². The van der Waals surface area contributed by atoms with Crippen LogP contribution in [0.15, 0.2) is 48.7 Å². The quantitative estimate of drug-likeness (QED) is 0.486. The molecule has 0 unspecified atom stereocenters. The van der Waals surface area contributed by atoms with E-state index in [1.54, 1.807) is 0 Å². The molecular formula is C29H33N3O3. The summed E-state index contributed by atoms with van der Waals surface area (Å²) in [7, 11) is 0. The van der Waals surface area contributed by atoms with Crippen molar-refractivity contribution in [3.8, 4) is 17.1 Å². The highest BCUT2D eigenvalue weighted by Gasteiger charge is 2.27. The maximum atomic E-state index is 11.1. The molecular weight excluding hydrogens is 438 g/mol. The van der Waals surface area contributed by atoms with E-state index in [4.69, 9.17) is 14.8 Å². The standard InChI is InChI=1S/C29H33N3O3/c1-3-20-4-6-21(7-5-20)28-30-18-19(2)29(31-28)32-14-12-24(13-15-32)35-25-10-11-26-22(16-25)8-9-23(26)17-27(33)34/h4-7,10-11,16,18,23-24H,3,8-9,12-15,17H2,1-2H3,(H,33,34)/t23-/m0/s1. The Hall–Kier alpha value is -3.41. The van der Waals surface area contributed by atoms with Gasteiger partial charge in [0.05, 0.1) is 6.42 Å². The number of aromatic nitrogens is 2. The second-order valence-electron chi connectivity index (χ2n) is 9.75. The van der Waals surface area contributed by atoms with Crippen molar-refractivity contribution in [2.45, 2.75) is 64.4 Å². The average Bonchev–Trinajstić information content (AvgIpc) is 3.26. The van der Waals surface area contributed by atoms with Gasteiger partial charge in [-0.1, -0.05) is 37.3 Å². The number of anilines is 1. The number of benzene rings is 2. The van der Waals surface area contributed by atoms with Crippen LogP contribution >= 0.6 is 0 Å². The zero-order valence-corrected chi connectivity index (χ0v) is 20.5. The molecule has 35 heavy (non-hydrogen) atoms. The summed E-state index contributed by atoms with van der Waals surface area (Å²) in [5.41, 5.74) is 5.86. The molecule has 6 nitrogen and oxygen atoms in total. The van der Waals surface area contributed by atoms with Crippen molar-refractivity contribution >= 4 is 11.8 Å². The molecule has 1 N–H and O–H groups in total. The molecule has 0 radical (unpaired) electrons. The first-order chi connectivity index (χ1) is 17.0. The summed E-state index contributed by atoms with van der Waals surface area (Å²) < 4.78 is 6.35. The van der Waals surface area contributed by atoms with Gasteiger partial charge in [0.1, 0.15) is 17.7 Å². The minimum absolute atomic E-state index is 0.130. The van der Waals surface area contributed by atoms with E-state index in [1.165, 1.54) is 16.7 Å². The molecule has 0 bridgehead atoms. The lowest BCUT2D eigenvalue weighted by atomic mass is 9.98. The highest BCUT2D eigenvalue weighted by atomic mass is 16.5. The number of carbonyl (C=O) groups is 1. The molecule has 5 rings (SSSR count). The van der Waals surface area contributed by atoms with Gasteiger partial charge in [-0.15, -0.1) is 0 Å². The molecule has 1 atom stereocenters. The summed E-state index contributed by atoms with van der Waals surface area (Å²) in [5.74, 6) is 2.08. The van der Waals surface area contributed by atoms with E-state index < -0.39 is 5.97 Å². The molecule has 1 aliphatic carbocycles. The van der Waals surface area contributed by atoms with Gasteiger partial charge in [0.15, 0.2) is 5.82 Å². The Morgan fingerprint density at radius 2 is 1.89 bits per heavy atom. The number of fused-ring (bicyclic) bond motifs is 1. The van der Waals surface area contributed by atoms with Gasteiger partial charge in [0.2, 0.25) is 0 Å². The van der Waals surface area contributed by atoms with Crippen LogP contribution in [0, 0.1) is 6.92 Å². The van der Waals surface area contributed by atoms with Gasteiger partial charge < -0.3 is 14.7 Å². The maximum absolute atomic E-state index is 11.1. The fraction of sp³-hybridized carbons (Fsp3) is 0.414. The van der Waals surface area contributed by atoms with Gasteiger partial charge >= 0.3 is 5.97 Å². The zero-order valence-electron chi connectivity index (χ0n) is 20.5. The summed E-state index contributed by atoms with van der Waals surface area (Å²) >= 11 is 0. The Kier molecular flexibility index (Phi) is 6.71. The summed E-state index contributed by atoms with van der Waals surface area (Å²) in [6, 6.07) is 14.7. The molecule has 182 valence electrons. The lowest BCUT2D eigenvalue weighted by Crippen LogP contribution is -2.39. The second kappa shape index (κ2) is 10.1. The van der Waals surface area contributed by atoms with Crippen LogP contribution < -0.4 is 9.64 Å². The number of aliphatic carboxylic acids is 1. The van der Waals surface area contributed by atoms with Crippen molar-refractivity contribution in [1.29, 1.82) is 0 Å². The topological polar surface area (TPSA) is 75.6 Å². The lowest BCUT2D eigenvalue weighted by Gasteiger charge is -2.33. The fourth-order valence-corrected chi connectivity index (χ4v) is 5.34. The average molecular weight is 472 g/mol. The first-order valence-corrected chi connectivity index (χ1v) is 12.7. The first-order valence-electron chi connectivity index (χ1n) is 12.7. The molecule has 0 amide bonds. The number of rotatable bonds is 7. The van der Waals surface area contributed by atoms with E-state index >= 15 is 0 Å². The lowest BCUT2D eigenvalue weighted by molar-refractivity contribution is -0.137. The number of piperidine rings is 1.